The normalized spacial score (nSPS) is 30.7. The van der Waals surface area contributed by atoms with Crippen LogP contribution in [0, 0.1) is 17.8 Å². The minimum atomic E-state index is -0.733. The van der Waals surface area contributed by atoms with Crippen molar-refractivity contribution in [3.63, 3.8) is 0 Å². The van der Waals surface area contributed by atoms with Crippen molar-refractivity contribution in [3.05, 3.63) is 0 Å². The van der Waals surface area contributed by atoms with Crippen LogP contribution in [0.15, 0.2) is 0 Å². The van der Waals surface area contributed by atoms with Crippen LogP contribution in [0.25, 0.3) is 0 Å². The highest BCUT2D eigenvalue weighted by molar-refractivity contribution is 5.80. The number of likely N-dealkylation sites (N-methyl/N-ethyl adjacent to an activating group) is 1. The molecule has 22 heavy (non-hydrogen) atoms. The smallest absolute Gasteiger partial charge is 0.308 e. The number of carbonyl (C=O) groups is 2. The van der Waals surface area contributed by atoms with Crippen LogP contribution in [-0.2, 0) is 9.59 Å². The highest BCUT2D eigenvalue weighted by atomic mass is 16.4. The van der Waals surface area contributed by atoms with Gasteiger partial charge in [-0.1, -0.05) is 6.92 Å². The molecule has 1 amide bonds. The summed E-state index contributed by atoms with van der Waals surface area (Å²) in [7, 11) is 0. The Bertz CT molecular complexity index is 430. The SMILES string of the molecule is CCN1CCN(CC(=O)N2C[C@@H](C(=O)O)[C@H](C3CC3)C2)CC1. The van der Waals surface area contributed by atoms with Crippen LogP contribution in [0.2, 0.25) is 0 Å². The average Bonchev–Trinajstić information content (AvgIpc) is 3.26. The number of carboxylic acid groups (broad SMARTS) is 1. The molecule has 3 fully saturated rings. The molecule has 1 aliphatic carbocycles. The van der Waals surface area contributed by atoms with Crippen LogP contribution in [0.1, 0.15) is 19.8 Å². The van der Waals surface area contributed by atoms with E-state index in [4.69, 9.17) is 0 Å². The van der Waals surface area contributed by atoms with Crippen molar-refractivity contribution in [2.45, 2.75) is 19.8 Å². The molecule has 0 spiro atoms. The maximum atomic E-state index is 12.5. The Hall–Kier alpha value is -1.14. The summed E-state index contributed by atoms with van der Waals surface area (Å²) in [5, 5.41) is 9.38. The Balaban J connectivity index is 1.51. The Morgan fingerprint density at radius 3 is 2.23 bits per heavy atom. The first-order valence-corrected chi connectivity index (χ1v) is 8.53. The van der Waals surface area contributed by atoms with Crippen molar-refractivity contribution in [2.24, 2.45) is 17.8 Å². The number of likely N-dealkylation sites (tertiary alicyclic amines) is 1. The Morgan fingerprint density at radius 1 is 1.05 bits per heavy atom. The second kappa shape index (κ2) is 6.54. The number of carbonyl (C=O) groups excluding carboxylic acids is 1. The predicted molar refractivity (Wildman–Crippen MR) is 82.5 cm³/mol. The number of aliphatic carboxylic acids is 1. The third-order valence-electron chi connectivity index (χ3n) is 5.53. The number of rotatable bonds is 5. The zero-order chi connectivity index (χ0) is 15.7. The Morgan fingerprint density at radius 2 is 1.68 bits per heavy atom. The van der Waals surface area contributed by atoms with Gasteiger partial charge < -0.3 is 14.9 Å². The van der Waals surface area contributed by atoms with Crippen molar-refractivity contribution in [1.82, 2.24) is 14.7 Å². The lowest BCUT2D eigenvalue weighted by atomic mass is 9.92. The maximum absolute atomic E-state index is 12.5. The van der Waals surface area contributed by atoms with Crippen molar-refractivity contribution in [2.75, 3.05) is 52.4 Å². The van der Waals surface area contributed by atoms with Gasteiger partial charge in [0.15, 0.2) is 0 Å². The van der Waals surface area contributed by atoms with E-state index in [0.717, 1.165) is 45.6 Å². The van der Waals surface area contributed by atoms with Crippen LogP contribution in [0.4, 0.5) is 0 Å². The number of amides is 1. The second-order valence-electron chi connectivity index (χ2n) is 6.96. The highest BCUT2D eigenvalue weighted by Crippen LogP contribution is 2.44. The lowest BCUT2D eigenvalue weighted by Gasteiger charge is -2.34. The van der Waals surface area contributed by atoms with E-state index in [9.17, 15) is 14.7 Å². The molecule has 0 unspecified atom stereocenters. The van der Waals surface area contributed by atoms with E-state index in [2.05, 4.69) is 16.7 Å². The molecule has 2 saturated heterocycles. The number of hydrogen-bond donors (Lipinski definition) is 1. The number of nitrogens with zero attached hydrogens (tertiary/aromatic N) is 3. The second-order valence-corrected chi connectivity index (χ2v) is 6.96. The van der Waals surface area contributed by atoms with Crippen LogP contribution >= 0.6 is 0 Å². The summed E-state index contributed by atoms with van der Waals surface area (Å²) >= 11 is 0. The first-order chi connectivity index (χ1) is 10.6. The fourth-order valence-corrected chi connectivity index (χ4v) is 3.85. The number of piperazine rings is 1. The van der Waals surface area contributed by atoms with Gasteiger partial charge in [-0.2, -0.15) is 0 Å². The van der Waals surface area contributed by atoms with E-state index < -0.39 is 5.97 Å². The third-order valence-corrected chi connectivity index (χ3v) is 5.53. The van der Waals surface area contributed by atoms with Gasteiger partial charge in [-0.3, -0.25) is 14.5 Å². The molecule has 1 saturated carbocycles. The van der Waals surface area contributed by atoms with Gasteiger partial charge in [0, 0.05) is 39.3 Å². The van der Waals surface area contributed by atoms with Gasteiger partial charge in [0.2, 0.25) is 5.91 Å². The van der Waals surface area contributed by atoms with E-state index in [1.807, 2.05) is 0 Å². The van der Waals surface area contributed by atoms with Gasteiger partial charge in [0.25, 0.3) is 0 Å². The monoisotopic (exact) mass is 309 g/mol. The lowest BCUT2D eigenvalue weighted by Crippen LogP contribution is -2.49. The molecule has 0 aromatic rings. The molecule has 0 aromatic carbocycles. The lowest BCUT2D eigenvalue weighted by molar-refractivity contribution is -0.142. The summed E-state index contributed by atoms with van der Waals surface area (Å²) in [5.74, 6) is -0.262. The minimum Gasteiger partial charge on any atom is -0.481 e. The zero-order valence-electron chi connectivity index (χ0n) is 13.4. The summed E-state index contributed by atoms with van der Waals surface area (Å²) < 4.78 is 0. The van der Waals surface area contributed by atoms with Gasteiger partial charge >= 0.3 is 5.97 Å². The summed E-state index contributed by atoms with van der Waals surface area (Å²) in [5.41, 5.74) is 0. The Kier molecular flexibility index (Phi) is 4.68. The van der Waals surface area contributed by atoms with E-state index in [-0.39, 0.29) is 17.7 Å². The molecule has 2 aliphatic heterocycles. The first-order valence-electron chi connectivity index (χ1n) is 8.53. The summed E-state index contributed by atoms with van der Waals surface area (Å²) in [4.78, 5) is 30.3. The van der Waals surface area contributed by atoms with Crippen LogP contribution < -0.4 is 0 Å². The summed E-state index contributed by atoms with van der Waals surface area (Å²) in [6.07, 6.45) is 2.27. The van der Waals surface area contributed by atoms with Gasteiger partial charge in [-0.15, -0.1) is 0 Å². The molecule has 6 heteroatoms. The fourth-order valence-electron chi connectivity index (χ4n) is 3.85. The summed E-state index contributed by atoms with van der Waals surface area (Å²) in [6, 6.07) is 0. The Labute approximate surface area is 132 Å². The van der Waals surface area contributed by atoms with Crippen molar-refractivity contribution in [1.29, 1.82) is 0 Å². The highest BCUT2D eigenvalue weighted by Gasteiger charge is 2.46. The molecule has 2 atom stereocenters. The number of hydrogen-bond acceptors (Lipinski definition) is 4. The quantitative estimate of drug-likeness (QED) is 0.786. The molecular formula is C16H27N3O3. The zero-order valence-corrected chi connectivity index (χ0v) is 13.4. The van der Waals surface area contributed by atoms with Crippen molar-refractivity contribution >= 4 is 11.9 Å². The van der Waals surface area contributed by atoms with Gasteiger partial charge in [0.05, 0.1) is 12.5 Å². The van der Waals surface area contributed by atoms with Crippen LogP contribution in [0.3, 0.4) is 0 Å². The fraction of sp³-hybridized carbons (Fsp3) is 0.875. The molecule has 6 nitrogen and oxygen atoms in total. The minimum absolute atomic E-state index is 0.111. The predicted octanol–water partition coefficient (Wildman–Crippen LogP) is 0.193. The van der Waals surface area contributed by atoms with Gasteiger partial charge in [-0.25, -0.2) is 0 Å². The van der Waals surface area contributed by atoms with Crippen molar-refractivity contribution in [3.8, 4) is 0 Å². The van der Waals surface area contributed by atoms with E-state index in [1.54, 1.807) is 4.90 Å². The van der Waals surface area contributed by atoms with E-state index in [0.29, 0.717) is 25.6 Å². The molecule has 0 radical (unpaired) electrons. The first kappa shape index (κ1) is 15.7. The molecule has 1 N–H and O–H groups in total. The molecule has 3 rings (SSSR count). The molecule has 0 aromatic heterocycles. The number of carboxylic acids is 1. The third kappa shape index (κ3) is 3.43. The molecule has 0 bridgehead atoms. The molecule has 3 aliphatic rings. The van der Waals surface area contributed by atoms with E-state index >= 15 is 0 Å². The van der Waals surface area contributed by atoms with Crippen LogP contribution in [0.5, 0.6) is 0 Å². The maximum Gasteiger partial charge on any atom is 0.308 e. The van der Waals surface area contributed by atoms with Crippen molar-refractivity contribution < 1.29 is 14.7 Å². The average molecular weight is 309 g/mol. The molecule has 124 valence electrons. The standard InChI is InChI=1S/C16H27N3O3/c1-2-17-5-7-18(8-6-17)11-15(20)19-9-13(12-3-4-12)14(10-19)16(21)22/h12-14H,2-11H2,1H3,(H,21,22)/t13-,14+/m0/s1. The molecular weight excluding hydrogens is 282 g/mol. The van der Waals surface area contributed by atoms with E-state index in [1.165, 1.54) is 0 Å². The topological polar surface area (TPSA) is 64.1 Å². The largest absolute Gasteiger partial charge is 0.481 e. The van der Waals surface area contributed by atoms with Crippen LogP contribution in [-0.4, -0.2) is 84.0 Å². The van der Waals surface area contributed by atoms with Gasteiger partial charge in [-0.05, 0) is 31.2 Å². The summed E-state index contributed by atoms with van der Waals surface area (Å²) in [6.45, 7) is 8.63. The van der Waals surface area contributed by atoms with Gasteiger partial charge in [0.1, 0.15) is 0 Å². The molecule has 2 heterocycles.